The fourth-order valence-electron chi connectivity index (χ4n) is 5.67. The van der Waals surface area contributed by atoms with Crippen molar-refractivity contribution in [2.75, 3.05) is 13.2 Å². The van der Waals surface area contributed by atoms with E-state index in [1.807, 2.05) is 26.0 Å². The Morgan fingerprint density at radius 2 is 2.09 bits per heavy atom. The molecule has 2 aromatic rings. The summed E-state index contributed by atoms with van der Waals surface area (Å²) < 4.78 is 37.0. The average Bonchev–Trinajstić information content (AvgIpc) is 3.13. The molecule has 1 unspecified atom stereocenters. The van der Waals surface area contributed by atoms with Crippen LogP contribution in [0.4, 0.5) is 8.78 Å². The van der Waals surface area contributed by atoms with E-state index in [0.29, 0.717) is 60.1 Å². The summed E-state index contributed by atoms with van der Waals surface area (Å²) in [6.07, 6.45) is 5.86. The van der Waals surface area contributed by atoms with Gasteiger partial charge in [-0.1, -0.05) is 11.6 Å². The first-order chi connectivity index (χ1) is 15.8. The van der Waals surface area contributed by atoms with Crippen LogP contribution in [0.2, 0.25) is 0 Å². The van der Waals surface area contributed by atoms with Gasteiger partial charge >= 0.3 is 0 Å². The molecule has 5 aliphatic rings. The Labute approximate surface area is 195 Å². The molecule has 0 saturated heterocycles. The second kappa shape index (κ2) is 7.27. The third-order valence-electron chi connectivity index (χ3n) is 7.15. The van der Waals surface area contributed by atoms with Crippen molar-refractivity contribution in [2.24, 2.45) is 4.99 Å². The molecular formula is C24H26ClF2N5O. The van der Waals surface area contributed by atoms with Crippen LogP contribution in [-0.2, 0) is 10.2 Å². The number of guanidine groups is 1. The fourth-order valence-corrected chi connectivity index (χ4v) is 5.90. The van der Waals surface area contributed by atoms with Crippen molar-refractivity contribution < 1.29 is 13.5 Å². The number of alkyl halides is 1. The van der Waals surface area contributed by atoms with Crippen LogP contribution in [-0.4, -0.2) is 34.4 Å². The van der Waals surface area contributed by atoms with Crippen LogP contribution in [0.15, 0.2) is 40.1 Å². The van der Waals surface area contributed by atoms with E-state index >= 15 is 4.39 Å². The molecule has 3 heterocycles. The van der Waals surface area contributed by atoms with Crippen LogP contribution >= 0.6 is 11.6 Å². The van der Waals surface area contributed by atoms with E-state index in [4.69, 9.17) is 21.3 Å². The summed E-state index contributed by atoms with van der Waals surface area (Å²) in [5.74, 6) is 0.940. The first-order valence-corrected chi connectivity index (χ1v) is 11.8. The van der Waals surface area contributed by atoms with E-state index in [2.05, 4.69) is 20.2 Å². The number of hydrogen-bond donors (Lipinski definition) is 2. The molecule has 3 aliphatic carbocycles. The van der Waals surface area contributed by atoms with Crippen molar-refractivity contribution in [2.45, 2.75) is 62.7 Å². The van der Waals surface area contributed by atoms with E-state index in [1.165, 1.54) is 6.07 Å². The van der Waals surface area contributed by atoms with Gasteiger partial charge in [0.25, 0.3) is 0 Å². The number of fused-ring (bicyclic) bond motifs is 1. The van der Waals surface area contributed by atoms with Gasteiger partial charge in [0.1, 0.15) is 23.1 Å². The molecule has 3 saturated carbocycles. The summed E-state index contributed by atoms with van der Waals surface area (Å²) in [4.78, 5) is 9.40. The van der Waals surface area contributed by atoms with E-state index in [0.717, 1.165) is 17.9 Å². The fraction of sp³-hybridized carbons (Fsp3) is 0.500. The highest BCUT2D eigenvalue weighted by atomic mass is 35.5. The zero-order chi connectivity index (χ0) is 23.0. The summed E-state index contributed by atoms with van der Waals surface area (Å²) >= 11 is 6.50. The summed E-state index contributed by atoms with van der Waals surface area (Å²) in [6, 6.07) is 2.90. The summed E-state index contributed by atoms with van der Waals surface area (Å²) in [5, 5.41) is 6.81. The number of aliphatic imine (C=N–C) groups is 1. The molecule has 1 aromatic heterocycles. The van der Waals surface area contributed by atoms with Crippen LogP contribution in [0.3, 0.4) is 0 Å². The molecule has 3 fully saturated rings. The van der Waals surface area contributed by atoms with Gasteiger partial charge in [-0.2, -0.15) is 0 Å². The molecule has 7 rings (SSSR count). The number of benzene rings is 1. The SMILES string of the molecule is CC(C)n1c(C23CC(F)(C2)C3)nc2c(F)cc(C3N=C(NC4=CCOCC4)NC=C3Cl)cc21. The summed E-state index contributed by atoms with van der Waals surface area (Å²) in [7, 11) is 0. The van der Waals surface area contributed by atoms with Crippen LogP contribution in [0.25, 0.3) is 11.0 Å². The van der Waals surface area contributed by atoms with E-state index in [1.54, 1.807) is 6.20 Å². The number of hydrogen-bond acceptors (Lipinski definition) is 5. The first kappa shape index (κ1) is 21.1. The van der Waals surface area contributed by atoms with Crippen molar-refractivity contribution in [3.63, 3.8) is 0 Å². The number of halogens is 3. The Balaban J connectivity index is 1.39. The predicted molar refractivity (Wildman–Crippen MR) is 123 cm³/mol. The Morgan fingerprint density at radius 1 is 1.30 bits per heavy atom. The number of nitrogens with zero attached hydrogens (tertiary/aromatic N) is 3. The molecule has 2 N–H and O–H groups in total. The monoisotopic (exact) mass is 473 g/mol. The maximum Gasteiger partial charge on any atom is 0.200 e. The van der Waals surface area contributed by atoms with Crippen molar-refractivity contribution in [3.05, 3.63) is 52.3 Å². The normalized spacial score (nSPS) is 30.7. The molecule has 33 heavy (non-hydrogen) atoms. The Bertz CT molecular complexity index is 1230. The van der Waals surface area contributed by atoms with Gasteiger partial charge in [-0.3, -0.25) is 0 Å². The number of rotatable bonds is 4. The highest BCUT2D eigenvalue weighted by Crippen LogP contribution is 2.70. The predicted octanol–water partition coefficient (Wildman–Crippen LogP) is 4.87. The molecule has 6 nitrogen and oxygen atoms in total. The van der Waals surface area contributed by atoms with Crippen LogP contribution in [0.5, 0.6) is 0 Å². The van der Waals surface area contributed by atoms with Crippen LogP contribution in [0.1, 0.15) is 63.0 Å². The minimum Gasteiger partial charge on any atom is -0.377 e. The number of nitrogens with one attached hydrogen (secondary N) is 2. The average molecular weight is 474 g/mol. The number of aromatic nitrogens is 2. The molecule has 0 amide bonds. The molecular weight excluding hydrogens is 448 g/mol. The quantitative estimate of drug-likeness (QED) is 0.664. The van der Waals surface area contributed by atoms with Crippen molar-refractivity contribution in [3.8, 4) is 0 Å². The standard InChI is InChI=1S/C24H26ClF2N5O/c1-13(2)32-18-8-14(7-17(26)20(18)30-21(32)23-10-24(27,11-23)12-23)19-16(25)9-28-22(31-19)29-15-3-5-33-6-4-15/h3,7-9,13,19H,4-6,10-12H2,1-2H3,(H2,28,29,31). The maximum atomic E-state index is 15.3. The third-order valence-corrected chi connectivity index (χ3v) is 7.47. The van der Waals surface area contributed by atoms with E-state index < -0.39 is 17.5 Å². The maximum absolute atomic E-state index is 15.3. The molecule has 9 heteroatoms. The molecule has 2 bridgehead atoms. The van der Waals surface area contributed by atoms with Gasteiger partial charge in [-0.15, -0.1) is 0 Å². The van der Waals surface area contributed by atoms with Crippen LogP contribution in [0, 0.1) is 5.82 Å². The number of ether oxygens (including phenoxy) is 1. The molecule has 1 aromatic carbocycles. The number of imidazole rings is 1. The lowest BCUT2D eigenvalue weighted by atomic mass is 9.42. The van der Waals surface area contributed by atoms with Gasteiger partial charge in [-0.25, -0.2) is 18.8 Å². The van der Waals surface area contributed by atoms with Crippen molar-refractivity contribution >= 4 is 28.6 Å². The van der Waals surface area contributed by atoms with E-state index in [-0.39, 0.29) is 11.5 Å². The lowest BCUT2D eigenvalue weighted by Gasteiger charge is -2.65. The molecule has 0 radical (unpaired) electrons. The lowest BCUT2D eigenvalue weighted by molar-refractivity contribution is -0.163. The summed E-state index contributed by atoms with van der Waals surface area (Å²) in [5.41, 5.74) is 1.39. The lowest BCUT2D eigenvalue weighted by Crippen LogP contribution is -2.67. The second-order valence-electron chi connectivity index (χ2n) is 9.96. The van der Waals surface area contributed by atoms with Crippen molar-refractivity contribution in [1.29, 1.82) is 0 Å². The van der Waals surface area contributed by atoms with Gasteiger partial charge in [0.05, 0.1) is 23.8 Å². The first-order valence-electron chi connectivity index (χ1n) is 11.4. The van der Waals surface area contributed by atoms with Gasteiger partial charge in [-0.05, 0) is 56.9 Å². The van der Waals surface area contributed by atoms with E-state index in [9.17, 15) is 4.39 Å². The van der Waals surface area contributed by atoms with Crippen LogP contribution < -0.4 is 10.6 Å². The zero-order valence-corrected chi connectivity index (χ0v) is 19.3. The molecule has 2 aliphatic heterocycles. The Hall–Kier alpha value is -2.45. The minimum absolute atomic E-state index is 0.0597. The highest BCUT2D eigenvalue weighted by molar-refractivity contribution is 6.30. The molecule has 174 valence electrons. The molecule has 1 atom stereocenters. The second-order valence-corrected chi connectivity index (χ2v) is 10.4. The smallest absolute Gasteiger partial charge is 0.200 e. The highest BCUT2D eigenvalue weighted by Gasteiger charge is 2.71. The van der Waals surface area contributed by atoms with Gasteiger partial charge < -0.3 is 19.9 Å². The van der Waals surface area contributed by atoms with Gasteiger partial charge in [0, 0.05) is 29.8 Å². The zero-order valence-electron chi connectivity index (χ0n) is 18.6. The van der Waals surface area contributed by atoms with Gasteiger partial charge in [0.15, 0.2) is 5.82 Å². The summed E-state index contributed by atoms with van der Waals surface area (Å²) in [6.45, 7) is 5.31. The minimum atomic E-state index is -1.05. The Kier molecular flexibility index (Phi) is 4.65. The Morgan fingerprint density at radius 3 is 2.76 bits per heavy atom. The third kappa shape index (κ3) is 3.29. The molecule has 0 spiro atoms. The van der Waals surface area contributed by atoms with Gasteiger partial charge in [0.2, 0.25) is 5.96 Å². The largest absolute Gasteiger partial charge is 0.377 e. The van der Waals surface area contributed by atoms with Crippen molar-refractivity contribution in [1.82, 2.24) is 20.2 Å². The topological polar surface area (TPSA) is 63.5 Å².